The minimum Gasteiger partial charge on any atom is -0.347 e. The molecule has 0 radical (unpaired) electrons. The Labute approximate surface area is 169 Å². The van der Waals surface area contributed by atoms with Crippen LogP contribution in [0.2, 0.25) is 0 Å². The Hall–Kier alpha value is -2.81. The molecule has 9 nitrogen and oxygen atoms in total. The van der Waals surface area contributed by atoms with E-state index < -0.39 is 11.8 Å². The zero-order valence-corrected chi connectivity index (χ0v) is 16.7. The fourth-order valence-corrected chi connectivity index (χ4v) is 4.41. The standard InChI is InChI=1S/C20H27N7O2/c1-26-24-18(23-25-26)14-7-9-16(10-8-14)22-20(29)19(28)21-13-15-5-4-12-27-11-3-2-6-17(15)27/h7-10,15,17H,2-6,11-13H2,1H3,(H,21,28)(H,22,29)/t15-,17-/m0/s1. The van der Waals surface area contributed by atoms with Gasteiger partial charge in [-0.2, -0.15) is 4.80 Å². The van der Waals surface area contributed by atoms with Crippen molar-refractivity contribution in [1.29, 1.82) is 0 Å². The largest absolute Gasteiger partial charge is 0.347 e. The van der Waals surface area contributed by atoms with Crippen LogP contribution in [-0.4, -0.2) is 62.6 Å². The van der Waals surface area contributed by atoms with Gasteiger partial charge in [-0.25, -0.2) is 0 Å². The third-order valence-electron chi connectivity index (χ3n) is 5.87. The molecule has 3 heterocycles. The maximum atomic E-state index is 12.3. The van der Waals surface area contributed by atoms with Crippen molar-refractivity contribution in [3.8, 4) is 11.4 Å². The molecule has 2 N–H and O–H groups in total. The molecule has 0 bridgehead atoms. The van der Waals surface area contributed by atoms with E-state index in [9.17, 15) is 9.59 Å². The van der Waals surface area contributed by atoms with Gasteiger partial charge in [0.25, 0.3) is 0 Å². The third-order valence-corrected chi connectivity index (χ3v) is 5.87. The van der Waals surface area contributed by atoms with Gasteiger partial charge in [-0.3, -0.25) is 9.59 Å². The summed E-state index contributed by atoms with van der Waals surface area (Å²) in [6.07, 6.45) is 5.99. The van der Waals surface area contributed by atoms with Gasteiger partial charge < -0.3 is 15.5 Å². The Morgan fingerprint density at radius 1 is 1.07 bits per heavy atom. The molecule has 0 unspecified atom stereocenters. The van der Waals surface area contributed by atoms with Crippen molar-refractivity contribution in [2.45, 2.75) is 38.1 Å². The number of tetrazole rings is 1. The van der Waals surface area contributed by atoms with E-state index in [1.54, 1.807) is 31.3 Å². The number of hydrogen-bond acceptors (Lipinski definition) is 6. The summed E-state index contributed by atoms with van der Waals surface area (Å²) in [5, 5.41) is 17.4. The molecule has 29 heavy (non-hydrogen) atoms. The molecule has 2 atom stereocenters. The highest BCUT2D eigenvalue weighted by atomic mass is 16.2. The first-order valence-electron chi connectivity index (χ1n) is 10.3. The molecular formula is C20H27N7O2. The number of aromatic nitrogens is 4. The van der Waals surface area contributed by atoms with E-state index in [1.165, 1.54) is 24.1 Å². The average Bonchev–Trinajstić information content (AvgIpc) is 3.18. The Morgan fingerprint density at radius 3 is 2.62 bits per heavy atom. The molecule has 2 amide bonds. The van der Waals surface area contributed by atoms with Gasteiger partial charge in [0, 0.05) is 23.8 Å². The summed E-state index contributed by atoms with van der Waals surface area (Å²) in [7, 11) is 1.70. The first kappa shape index (κ1) is 19.5. The lowest BCUT2D eigenvalue weighted by atomic mass is 9.83. The molecule has 2 aromatic rings. The van der Waals surface area contributed by atoms with Gasteiger partial charge in [-0.1, -0.05) is 6.42 Å². The number of aryl methyl sites for hydroxylation is 1. The number of anilines is 1. The number of piperidine rings is 2. The molecule has 2 aliphatic heterocycles. The number of benzene rings is 1. The van der Waals surface area contributed by atoms with Crippen molar-refractivity contribution in [1.82, 2.24) is 30.4 Å². The number of amides is 2. The number of carbonyl (C=O) groups excluding carboxylic acids is 2. The molecule has 2 fully saturated rings. The molecule has 0 spiro atoms. The van der Waals surface area contributed by atoms with Gasteiger partial charge in [0.2, 0.25) is 5.82 Å². The lowest BCUT2D eigenvalue weighted by molar-refractivity contribution is -0.136. The van der Waals surface area contributed by atoms with Crippen LogP contribution >= 0.6 is 0 Å². The quantitative estimate of drug-likeness (QED) is 0.751. The molecule has 9 heteroatoms. The lowest BCUT2D eigenvalue weighted by Gasteiger charge is -2.44. The summed E-state index contributed by atoms with van der Waals surface area (Å²) in [6.45, 7) is 2.88. The van der Waals surface area contributed by atoms with Crippen LogP contribution in [0.4, 0.5) is 5.69 Å². The second-order valence-corrected chi connectivity index (χ2v) is 7.85. The topological polar surface area (TPSA) is 105 Å². The van der Waals surface area contributed by atoms with Crippen LogP contribution < -0.4 is 10.6 Å². The van der Waals surface area contributed by atoms with Gasteiger partial charge in [-0.05, 0) is 74.2 Å². The normalized spacial score (nSPS) is 22.0. The highest BCUT2D eigenvalue weighted by molar-refractivity contribution is 6.39. The van der Waals surface area contributed by atoms with Crippen molar-refractivity contribution in [2.75, 3.05) is 25.0 Å². The predicted molar refractivity (Wildman–Crippen MR) is 108 cm³/mol. The first-order chi connectivity index (χ1) is 14.1. The van der Waals surface area contributed by atoms with Crippen molar-refractivity contribution >= 4 is 17.5 Å². The fraction of sp³-hybridized carbons (Fsp3) is 0.550. The number of hydrogen-bond donors (Lipinski definition) is 2. The third kappa shape index (κ3) is 4.61. The number of carbonyl (C=O) groups is 2. The molecule has 0 aliphatic carbocycles. The Morgan fingerprint density at radius 2 is 1.86 bits per heavy atom. The predicted octanol–water partition coefficient (Wildman–Crippen LogP) is 1.20. The maximum Gasteiger partial charge on any atom is 0.313 e. The van der Waals surface area contributed by atoms with E-state index in [0.29, 0.717) is 30.0 Å². The molecular weight excluding hydrogens is 370 g/mol. The lowest BCUT2D eigenvalue weighted by Crippen LogP contribution is -2.51. The number of nitrogens with one attached hydrogen (secondary N) is 2. The first-order valence-corrected chi connectivity index (χ1v) is 10.3. The summed E-state index contributed by atoms with van der Waals surface area (Å²) >= 11 is 0. The Kier molecular flexibility index (Phi) is 5.84. The number of nitrogens with zero attached hydrogens (tertiary/aromatic N) is 5. The molecule has 2 saturated heterocycles. The van der Waals surface area contributed by atoms with E-state index in [0.717, 1.165) is 31.5 Å². The molecule has 4 rings (SSSR count). The van der Waals surface area contributed by atoms with Gasteiger partial charge in [0.05, 0.1) is 7.05 Å². The van der Waals surface area contributed by atoms with E-state index >= 15 is 0 Å². The van der Waals surface area contributed by atoms with E-state index in [1.807, 2.05) is 0 Å². The van der Waals surface area contributed by atoms with E-state index in [4.69, 9.17) is 0 Å². The van der Waals surface area contributed by atoms with Crippen LogP contribution in [-0.2, 0) is 16.6 Å². The van der Waals surface area contributed by atoms with Crippen LogP contribution in [0, 0.1) is 5.92 Å². The second kappa shape index (κ2) is 8.69. The smallest absolute Gasteiger partial charge is 0.313 e. The second-order valence-electron chi connectivity index (χ2n) is 7.85. The van der Waals surface area contributed by atoms with Gasteiger partial charge in [0.15, 0.2) is 0 Å². The van der Waals surface area contributed by atoms with Crippen molar-refractivity contribution in [3.63, 3.8) is 0 Å². The highest BCUT2D eigenvalue weighted by Gasteiger charge is 2.33. The SMILES string of the molecule is Cn1nnc(-c2ccc(NC(=O)C(=O)NC[C@@H]3CCCN4CCCC[C@@H]34)cc2)n1. The van der Waals surface area contributed by atoms with Crippen molar-refractivity contribution < 1.29 is 9.59 Å². The summed E-state index contributed by atoms with van der Waals surface area (Å²) in [5.41, 5.74) is 1.34. The van der Waals surface area contributed by atoms with Crippen LogP contribution in [0.3, 0.4) is 0 Å². The summed E-state index contributed by atoms with van der Waals surface area (Å²) in [4.78, 5) is 28.5. The van der Waals surface area contributed by atoms with Crippen LogP contribution in [0.5, 0.6) is 0 Å². The van der Waals surface area contributed by atoms with Crippen molar-refractivity contribution in [3.05, 3.63) is 24.3 Å². The van der Waals surface area contributed by atoms with Gasteiger partial charge in [0.1, 0.15) is 0 Å². The van der Waals surface area contributed by atoms with E-state index in [2.05, 4.69) is 30.9 Å². The van der Waals surface area contributed by atoms with Gasteiger partial charge in [-0.15, -0.1) is 10.2 Å². The van der Waals surface area contributed by atoms with E-state index in [-0.39, 0.29) is 0 Å². The van der Waals surface area contributed by atoms with Gasteiger partial charge >= 0.3 is 11.8 Å². The van der Waals surface area contributed by atoms with Crippen LogP contribution in [0.15, 0.2) is 24.3 Å². The fourth-order valence-electron chi connectivity index (χ4n) is 4.41. The molecule has 1 aromatic heterocycles. The molecule has 1 aromatic carbocycles. The summed E-state index contributed by atoms with van der Waals surface area (Å²) in [5.74, 6) is -0.295. The molecule has 0 saturated carbocycles. The monoisotopic (exact) mass is 397 g/mol. The van der Waals surface area contributed by atoms with Crippen molar-refractivity contribution in [2.24, 2.45) is 13.0 Å². The maximum absolute atomic E-state index is 12.3. The Balaban J connectivity index is 1.28. The molecule has 2 aliphatic rings. The van der Waals surface area contributed by atoms with Crippen LogP contribution in [0.25, 0.3) is 11.4 Å². The zero-order valence-electron chi connectivity index (χ0n) is 16.7. The minimum atomic E-state index is -0.647. The van der Waals surface area contributed by atoms with Crippen LogP contribution in [0.1, 0.15) is 32.1 Å². The summed E-state index contributed by atoms with van der Waals surface area (Å²) < 4.78 is 0. The average molecular weight is 397 g/mol. The molecule has 154 valence electrons. The summed E-state index contributed by atoms with van der Waals surface area (Å²) in [6, 6.07) is 7.55. The number of rotatable bonds is 4. The minimum absolute atomic E-state index is 0.430. The Bertz CT molecular complexity index is 862. The zero-order chi connectivity index (χ0) is 20.2. The highest BCUT2D eigenvalue weighted by Crippen LogP contribution is 2.30. The number of fused-ring (bicyclic) bond motifs is 1.